The third-order valence-corrected chi connectivity index (χ3v) is 3.48. The molecule has 4 heteroatoms. The lowest BCUT2D eigenvalue weighted by Gasteiger charge is -2.11. The fourth-order valence-electron chi connectivity index (χ4n) is 2.20. The minimum absolute atomic E-state index is 0.0209. The van der Waals surface area contributed by atoms with Crippen molar-refractivity contribution >= 4 is 0 Å². The van der Waals surface area contributed by atoms with Crippen LogP contribution in [0.2, 0.25) is 0 Å². The molecule has 3 N–H and O–H groups in total. The first-order chi connectivity index (χ1) is 7.63. The lowest BCUT2D eigenvalue weighted by molar-refractivity contribution is 0.151. The molecule has 0 saturated heterocycles. The van der Waals surface area contributed by atoms with E-state index in [2.05, 4.69) is 0 Å². The number of halogens is 2. The van der Waals surface area contributed by atoms with Crippen LogP contribution in [0.3, 0.4) is 0 Å². The Balaban J connectivity index is 2.20. The van der Waals surface area contributed by atoms with Gasteiger partial charge in [-0.25, -0.2) is 8.78 Å². The van der Waals surface area contributed by atoms with Crippen molar-refractivity contribution in [2.45, 2.75) is 18.8 Å². The molecule has 2 rings (SSSR count). The summed E-state index contributed by atoms with van der Waals surface area (Å²) in [6.45, 7) is 0.417. The highest BCUT2D eigenvalue weighted by Crippen LogP contribution is 2.58. The second-order valence-corrected chi connectivity index (χ2v) is 4.45. The maximum absolute atomic E-state index is 12.5. The molecule has 1 aliphatic rings. The molecule has 0 amide bonds. The third-order valence-electron chi connectivity index (χ3n) is 3.48. The van der Waals surface area contributed by atoms with E-state index >= 15 is 0 Å². The van der Waals surface area contributed by atoms with E-state index < -0.39 is 6.43 Å². The first kappa shape index (κ1) is 11.5. The van der Waals surface area contributed by atoms with E-state index in [0.717, 1.165) is 12.0 Å². The standard InChI is InChI=1S/C12H15F2NO/c13-11(14)9-3-1-2-8(4-9)10-5-12(10,6-15)7-16/h1-4,10-11,16H,5-7,15H2. The lowest BCUT2D eigenvalue weighted by Crippen LogP contribution is -2.21. The topological polar surface area (TPSA) is 46.2 Å². The molecule has 2 atom stereocenters. The van der Waals surface area contributed by atoms with Crippen molar-refractivity contribution < 1.29 is 13.9 Å². The van der Waals surface area contributed by atoms with Crippen LogP contribution >= 0.6 is 0 Å². The average molecular weight is 227 g/mol. The van der Waals surface area contributed by atoms with Gasteiger partial charge in [0.05, 0.1) is 6.61 Å². The van der Waals surface area contributed by atoms with E-state index in [1.165, 1.54) is 12.1 Å². The van der Waals surface area contributed by atoms with Gasteiger partial charge in [-0.2, -0.15) is 0 Å². The van der Waals surface area contributed by atoms with Crippen molar-refractivity contribution in [3.63, 3.8) is 0 Å². The third kappa shape index (κ3) is 1.83. The van der Waals surface area contributed by atoms with Gasteiger partial charge in [0.15, 0.2) is 0 Å². The van der Waals surface area contributed by atoms with E-state index in [4.69, 9.17) is 5.73 Å². The Kier molecular flexibility index (Phi) is 2.95. The summed E-state index contributed by atoms with van der Waals surface area (Å²) in [6, 6.07) is 6.39. The summed E-state index contributed by atoms with van der Waals surface area (Å²) in [5, 5.41) is 9.24. The van der Waals surface area contributed by atoms with Gasteiger partial charge in [0, 0.05) is 17.5 Å². The highest BCUT2D eigenvalue weighted by atomic mass is 19.3. The van der Waals surface area contributed by atoms with Crippen LogP contribution < -0.4 is 5.73 Å². The lowest BCUT2D eigenvalue weighted by atomic mass is 9.99. The minimum atomic E-state index is -2.44. The van der Waals surface area contributed by atoms with Gasteiger partial charge in [0.25, 0.3) is 6.43 Å². The first-order valence-corrected chi connectivity index (χ1v) is 5.32. The molecular formula is C12H15F2NO. The second kappa shape index (κ2) is 4.11. The molecule has 0 aliphatic heterocycles. The molecule has 0 bridgehead atoms. The number of alkyl halides is 2. The van der Waals surface area contributed by atoms with Gasteiger partial charge < -0.3 is 10.8 Å². The molecule has 2 unspecified atom stereocenters. The van der Waals surface area contributed by atoms with E-state index in [9.17, 15) is 13.9 Å². The van der Waals surface area contributed by atoms with Crippen LogP contribution in [-0.4, -0.2) is 18.3 Å². The van der Waals surface area contributed by atoms with Crippen molar-refractivity contribution in [1.82, 2.24) is 0 Å². The highest BCUT2D eigenvalue weighted by Gasteiger charge is 2.53. The molecule has 88 valence electrons. The Bertz CT molecular complexity index is 377. The van der Waals surface area contributed by atoms with Gasteiger partial charge in [-0.15, -0.1) is 0 Å². The van der Waals surface area contributed by atoms with Crippen LogP contribution in [0.25, 0.3) is 0 Å². The fraction of sp³-hybridized carbons (Fsp3) is 0.500. The molecule has 1 aromatic rings. The summed E-state index contributed by atoms with van der Waals surface area (Å²) in [5.74, 6) is 0.126. The Morgan fingerprint density at radius 1 is 1.50 bits per heavy atom. The Morgan fingerprint density at radius 3 is 2.75 bits per heavy atom. The monoisotopic (exact) mass is 227 g/mol. The maximum atomic E-state index is 12.5. The first-order valence-electron chi connectivity index (χ1n) is 5.32. The van der Waals surface area contributed by atoms with E-state index in [1.807, 2.05) is 6.07 Å². The molecule has 2 nitrogen and oxygen atoms in total. The average Bonchev–Trinajstić information content (AvgIpc) is 3.04. The summed E-state index contributed by atoms with van der Waals surface area (Å²) in [7, 11) is 0. The molecule has 0 aromatic heterocycles. The summed E-state index contributed by atoms with van der Waals surface area (Å²) < 4.78 is 25.0. The zero-order valence-electron chi connectivity index (χ0n) is 8.87. The summed E-state index contributed by atoms with van der Waals surface area (Å²) >= 11 is 0. The SMILES string of the molecule is NCC1(CO)CC1c1cccc(C(F)F)c1. The molecule has 1 saturated carbocycles. The van der Waals surface area contributed by atoms with E-state index in [-0.39, 0.29) is 23.5 Å². The van der Waals surface area contributed by atoms with Crippen molar-refractivity contribution in [2.24, 2.45) is 11.1 Å². The maximum Gasteiger partial charge on any atom is 0.263 e. The van der Waals surface area contributed by atoms with Crippen molar-refractivity contribution in [2.75, 3.05) is 13.2 Å². The largest absolute Gasteiger partial charge is 0.396 e. The normalized spacial score (nSPS) is 28.4. The van der Waals surface area contributed by atoms with Crippen molar-refractivity contribution in [3.8, 4) is 0 Å². The molecule has 1 fully saturated rings. The number of benzene rings is 1. The fourth-order valence-corrected chi connectivity index (χ4v) is 2.20. The molecule has 16 heavy (non-hydrogen) atoms. The van der Waals surface area contributed by atoms with Crippen LogP contribution in [0, 0.1) is 5.41 Å². The molecule has 0 heterocycles. The predicted octanol–water partition coefficient (Wildman–Crippen LogP) is 2.05. The number of nitrogens with two attached hydrogens (primary N) is 1. The van der Waals surface area contributed by atoms with Gasteiger partial charge in [-0.05, 0) is 24.0 Å². The van der Waals surface area contributed by atoms with Crippen LogP contribution in [0.1, 0.15) is 29.9 Å². The van der Waals surface area contributed by atoms with Gasteiger partial charge >= 0.3 is 0 Å². The van der Waals surface area contributed by atoms with Crippen LogP contribution in [0.15, 0.2) is 24.3 Å². The summed E-state index contributed by atoms with van der Waals surface area (Å²) in [6.07, 6.45) is -1.66. The van der Waals surface area contributed by atoms with Crippen LogP contribution in [0.4, 0.5) is 8.78 Å². The number of rotatable bonds is 4. The Hall–Kier alpha value is -1.00. The highest BCUT2D eigenvalue weighted by molar-refractivity contribution is 5.34. The second-order valence-electron chi connectivity index (χ2n) is 4.45. The number of hydrogen-bond donors (Lipinski definition) is 2. The predicted molar refractivity (Wildman–Crippen MR) is 57.3 cm³/mol. The van der Waals surface area contributed by atoms with Gasteiger partial charge in [-0.1, -0.05) is 18.2 Å². The molecule has 0 spiro atoms. The quantitative estimate of drug-likeness (QED) is 0.827. The van der Waals surface area contributed by atoms with Gasteiger partial charge in [-0.3, -0.25) is 0 Å². The van der Waals surface area contributed by atoms with E-state index in [0.29, 0.717) is 6.54 Å². The Morgan fingerprint density at radius 2 is 2.25 bits per heavy atom. The molecule has 0 radical (unpaired) electrons. The van der Waals surface area contributed by atoms with Gasteiger partial charge in [0.1, 0.15) is 0 Å². The molecule has 1 aliphatic carbocycles. The number of hydrogen-bond acceptors (Lipinski definition) is 2. The molecule has 1 aromatic carbocycles. The smallest absolute Gasteiger partial charge is 0.263 e. The minimum Gasteiger partial charge on any atom is -0.396 e. The zero-order valence-corrected chi connectivity index (χ0v) is 8.87. The summed E-state index contributed by atoms with van der Waals surface area (Å²) in [5.41, 5.74) is 6.21. The van der Waals surface area contributed by atoms with E-state index in [1.54, 1.807) is 6.07 Å². The number of aliphatic hydroxyl groups excluding tert-OH is 1. The number of aliphatic hydroxyl groups is 1. The van der Waals surface area contributed by atoms with Gasteiger partial charge in [0.2, 0.25) is 0 Å². The Labute approximate surface area is 93.1 Å². The van der Waals surface area contributed by atoms with Crippen LogP contribution in [0.5, 0.6) is 0 Å². The zero-order chi connectivity index (χ0) is 11.8. The van der Waals surface area contributed by atoms with Crippen molar-refractivity contribution in [3.05, 3.63) is 35.4 Å². The summed E-state index contributed by atoms with van der Waals surface area (Å²) in [4.78, 5) is 0. The molecular weight excluding hydrogens is 212 g/mol. The van der Waals surface area contributed by atoms with Crippen LogP contribution in [-0.2, 0) is 0 Å². The van der Waals surface area contributed by atoms with Crippen molar-refractivity contribution in [1.29, 1.82) is 0 Å².